The largest absolute Gasteiger partial charge is 0.381 e. The molecule has 1 saturated heterocycles. The van der Waals surface area contributed by atoms with E-state index in [0.717, 1.165) is 37.4 Å². The van der Waals surface area contributed by atoms with E-state index in [4.69, 9.17) is 10.5 Å². The van der Waals surface area contributed by atoms with Crippen LogP contribution in [0.3, 0.4) is 0 Å². The van der Waals surface area contributed by atoms with Crippen molar-refractivity contribution < 1.29 is 4.74 Å². The van der Waals surface area contributed by atoms with Crippen molar-refractivity contribution in [3.05, 3.63) is 17.5 Å². The summed E-state index contributed by atoms with van der Waals surface area (Å²) in [5.74, 6) is 0.438. The number of ether oxygens (including phenoxy) is 1. The van der Waals surface area contributed by atoms with E-state index in [9.17, 15) is 0 Å². The van der Waals surface area contributed by atoms with Crippen molar-refractivity contribution in [2.45, 2.75) is 25.8 Å². The molecule has 2 atom stereocenters. The van der Waals surface area contributed by atoms with Gasteiger partial charge in [-0.15, -0.1) is 0 Å². The second-order valence-corrected chi connectivity index (χ2v) is 4.34. The molecule has 1 aliphatic heterocycles. The number of hydrogen-bond acceptors (Lipinski definition) is 3. The van der Waals surface area contributed by atoms with Gasteiger partial charge in [0.1, 0.15) is 0 Å². The maximum Gasteiger partial charge on any atom is 0.0597 e. The lowest BCUT2D eigenvalue weighted by Crippen LogP contribution is -2.30. The second kappa shape index (κ2) is 4.33. The molecule has 0 amide bonds. The number of aromatic nitrogens is 2. The first-order valence-electron chi connectivity index (χ1n) is 5.52. The molecular weight excluding hydrogens is 190 g/mol. The standard InChI is InChI=1S/C11H19N3O/c1-8-6-10(14(2)13-8)11(12)9-4-3-5-15-7-9/h6,9,11H,3-5,7,12H2,1-2H3. The molecule has 2 heterocycles. The molecule has 0 aromatic carbocycles. The number of nitrogens with zero attached hydrogens (tertiary/aromatic N) is 2. The van der Waals surface area contributed by atoms with Crippen molar-refractivity contribution in [2.24, 2.45) is 18.7 Å². The lowest BCUT2D eigenvalue weighted by Gasteiger charge is -2.27. The van der Waals surface area contributed by atoms with Crippen LogP contribution in [-0.2, 0) is 11.8 Å². The van der Waals surface area contributed by atoms with E-state index in [1.54, 1.807) is 0 Å². The van der Waals surface area contributed by atoms with Crippen LogP contribution < -0.4 is 5.73 Å². The molecule has 2 N–H and O–H groups in total. The molecule has 2 rings (SSSR count). The normalized spacial score (nSPS) is 24.1. The number of hydrogen-bond donors (Lipinski definition) is 1. The van der Waals surface area contributed by atoms with E-state index in [0.29, 0.717) is 5.92 Å². The van der Waals surface area contributed by atoms with Gasteiger partial charge < -0.3 is 10.5 Å². The van der Waals surface area contributed by atoms with Crippen molar-refractivity contribution in [1.82, 2.24) is 9.78 Å². The van der Waals surface area contributed by atoms with Gasteiger partial charge in [0.2, 0.25) is 0 Å². The minimum Gasteiger partial charge on any atom is -0.381 e. The first-order valence-corrected chi connectivity index (χ1v) is 5.52. The van der Waals surface area contributed by atoms with Crippen molar-refractivity contribution in [3.8, 4) is 0 Å². The molecule has 0 saturated carbocycles. The highest BCUT2D eigenvalue weighted by molar-refractivity contribution is 5.13. The third-order valence-corrected chi connectivity index (χ3v) is 3.08. The van der Waals surface area contributed by atoms with Crippen molar-refractivity contribution in [2.75, 3.05) is 13.2 Å². The van der Waals surface area contributed by atoms with Gasteiger partial charge in [-0.3, -0.25) is 4.68 Å². The minimum absolute atomic E-state index is 0.0523. The summed E-state index contributed by atoms with van der Waals surface area (Å²) in [6.07, 6.45) is 2.28. The summed E-state index contributed by atoms with van der Waals surface area (Å²) >= 11 is 0. The Labute approximate surface area is 90.4 Å². The van der Waals surface area contributed by atoms with E-state index in [2.05, 4.69) is 11.2 Å². The molecule has 1 fully saturated rings. The molecule has 1 aliphatic rings. The molecule has 4 heteroatoms. The van der Waals surface area contributed by atoms with Crippen LogP contribution in [0.1, 0.15) is 30.3 Å². The van der Waals surface area contributed by atoms with Gasteiger partial charge in [-0.05, 0) is 25.8 Å². The van der Waals surface area contributed by atoms with Crippen LogP contribution in [0.5, 0.6) is 0 Å². The maximum atomic E-state index is 6.24. The fraction of sp³-hybridized carbons (Fsp3) is 0.727. The van der Waals surface area contributed by atoms with Crippen LogP contribution >= 0.6 is 0 Å². The minimum atomic E-state index is 0.0523. The summed E-state index contributed by atoms with van der Waals surface area (Å²) in [6, 6.07) is 2.12. The Kier molecular flexibility index (Phi) is 3.07. The smallest absolute Gasteiger partial charge is 0.0597 e. The number of aryl methyl sites for hydroxylation is 2. The molecule has 1 aromatic rings. The lowest BCUT2D eigenvalue weighted by molar-refractivity contribution is 0.0437. The predicted octanol–water partition coefficient (Wildman–Crippen LogP) is 1.15. The zero-order valence-corrected chi connectivity index (χ0v) is 9.44. The van der Waals surface area contributed by atoms with Gasteiger partial charge in [-0.25, -0.2) is 0 Å². The van der Waals surface area contributed by atoms with E-state index in [1.807, 2.05) is 18.7 Å². The molecule has 0 spiro atoms. The molecule has 4 nitrogen and oxygen atoms in total. The Balaban J connectivity index is 2.12. The Morgan fingerprint density at radius 3 is 3.00 bits per heavy atom. The third-order valence-electron chi connectivity index (χ3n) is 3.08. The van der Waals surface area contributed by atoms with E-state index in [1.165, 1.54) is 0 Å². The molecule has 0 bridgehead atoms. The highest BCUT2D eigenvalue weighted by Crippen LogP contribution is 2.26. The van der Waals surface area contributed by atoms with Crippen molar-refractivity contribution in [1.29, 1.82) is 0 Å². The average molecular weight is 209 g/mol. The average Bonchev–Trinajstić information content (AvgIpc) is 2.58. The molecular formula is C11H19N3O. The zero-order valence-electron chi connectivity index (χ0n) is 9.44. The predicted molar refractivity (Wildman–Crippen MR) is 58.4 cm³/mol. The number of rotatable bonds is 2. The fourth-order valence-corrected chi connectivity index (χ4v) is 2.23. The summed E-state index contributed by atoms with van der Waals surface area (Å²) in [4.78, 5) is 0. The van der Waals surface area contributed by atoms with Gasteiger partial charge in [0.05, 0.1) is 24.0 Å². The second-order valence-electron chi connectivity index (χ2n) is 4.34. The Morgan fingerprint density at radius 1 is 1.67 bits per heavy atom. The monoisotopic (exact) mass is 209 g/mol. The van der Waals surface area contributed by atoms with Crippen LogP contribution in [-0.4, -0.2) is 23.0 Å². The first kappa shape index (κ1) is 10.6. The van der Waals surface area contributed by atoms with Crippen LogP contribution in [0, 0.1) is 12.8 Å². The van der Waals surface area contributed by atoms with Gasteiger partial charge in [-0.2, -0.15) is 5.10 Å². The summed E-state index contributed by atoms with van der Waals surface area (Å²) in [5, 5.41) is 4.32. The quantitative estimate of drug-likeness (QED) is 0.795. The topological polar surface area (TPSA) is 53.1 Å². The van der Waals surface area contributed by atoms with Crippen molar-refractivity contribution >= 4 is 0 Å². The summed E-state index contributed by atoms with van der Waals surface area (Å²) in [7, 11) is 1.95. The van der Waals surface area contributed by atoms with Crippen LogP contribution in [0.2, 0.25) is 0 Å². The van der Waals surface area contributed by atoms with Crippen molar-refractivity contribution in [3.63, 3.8) is 0 Å². The Bertz CT molecular complexity index is 329. The molecule has 0 radical (unpaired) electrons. The van der Waals surface area contributed by atoms with E-state index < -0.39 is 0 Å². The Morgan fingerprint density at radius 2 is 2.47 bits per heavy atom. The van der Waals surface area contributed by atoms with Gasteiger partial charge in [0, 0.05) is 19.6 Å². The fourth-order valence-electron chi connectivity index (χ4n) is 2.23. The SMILES string of the molecule is Cc1cc(C(N)C2CCCOC2)n(C)n1. The molecule has 2 unspecified atom stereocenters. The van der Waals surface area contributed by atoms with Gasteiger partial charge >= 0.3 is 0 Å². The van der Waals surface area contributed by atoms with Gasteiger partial charge in [0.15, 0.2) is 0 Å². The zero-order chi connectivity index (χ0) is 10.8. The summed E-state index contributed by atoms with van der Waals surface area (Å²) in [6.45, 7) is 3.66. The maximum absolute atomic E-state index is 6.24. The molecule has 0 aliphatic carbocycles. The van der Waals surface area contributed by atoms with Crippen LogP contribution in [0.15, 0.2) is 6.07 Å². The summed E-state index contributed by atoms with van der Waals surface area (Å²) in [5.41, 5.74) is 8.38. The Hall–Kier alpha value is -0.870. The number of nitrogens with two attached hydrogens (primary N) is 1. The lowest BCUT2D eigenvalue weighted by atomic mass is 9.92. The van der Waals surface area contributed by atoms with Gasteiger partial charge in [0.25, 0.3) is 0 Å². The molecule has 84 valence electrons. The first-order chi connectivity index (χ1) is 7.18. The third kappa shape index (κ3) is 2.21. The van der Waals surface area contributed by atoms with E-state index >= 15 is 0 Å². The highest BCUT2D eigenvalue weighted by Gasteiger charge is 2.24. The molecule has 1 aromatic heterocycles. The summed E-state index contributed by atoms with van der Waals surface area (Å²) < 4.78 is 7.35. The van der Waals surface area contributed by atoms with Crippen LogP contribution in [0.25, 0.3) is 0 Å². The highest BCUT2D eigenvalue weighted by atomic mass is 16.5. The van der Waals surface area contributed by atoms with Crippen LogP contribution in [0.4, 0.5) is 0 Å². The molecule has 15 heavy (non-hydrogen) atoms. The van der Waals surface area contributed by atoms with Gasteiger partial charge in [-0.1, -0.05) is 0 Å². The van der Waals surface area contributed by atoms with E-state index in [-0.39, 0.29) is 6.04 Å².